The minimum atomic E-state index is -3.54. The summed E-state index contributed by atoms with van der Waals surface area (Å²) in [4.78, 5) is 12.3. The standard InChI is InChI=1S/C15H23N3O3S.ClH/c1-11-4-7-13(22(20,21)18-12-5-6-12)10-14(11)15(19)17-9-3-8-16-2;/h4,7,10,12,16,18H,3,5-6,8-9H2,1-2H3,(H,17,19);1H. The number of hydrogen-bond acceptors (Lipinski definition) is 4. The minimum absolute atomic E-state index is 0. The maximum atomic E-state index is 12.2. The number of hydrogen-bond donors (Lipinski definition) is 3. The molecule has 1 aliphatic rings. The fourth-order valence-corrected chi connectivity index (χ4v) is 3.39. The molecule has 6 nitrogen and oxygen atoms in total. The Kier molecular flexibility index (Phi) is 7.47. The Morgan fingerprint density at radius 3 is 2.57 bits per heavy atom. The van der Waals surface area contributed by atoms with Gasteiger partial charge in [-0.15, -0.1) is 12.4 Å². The van der Waals surface area contributed by atoms with Crippen LogP contribution in [0.2, 0.25) is 0 Å². The summed E-state index contributed by atoms with van der Waals surface area (Å²) in [5.74, 6) is -0.239. The molecular weight excluding hydrogens is 338 g/mol. The van der Waals surface area contributed by atoms with Crippen molar-refractivity contribution in [3.05, 3.63) is 29.3 Å². The molecule has 8 heteroatoms. The largest absolute Gasteiger partial charge is 0.352 e. The lowest BCUT2D eigenvalue weighted by Gasteiger charge is -2.11. The topological polar surface area (TPSA) is 87.3 Å². The fraction of sp³-hybridized carbons (Fsp3) is 0.533. The molecule has 0 heterocycles. The Hall–Kier alpha value is -1.15. The first kappa shape index (κ1) is 19.9. The van der Waals surface area contributed by atoms with Crippen LogP contribution in [0.15, 0.2) is 23.1 Å². The van der Waals surface area contributed by atoms with E-state index in [1.807, 2.05) is 7.05 Å². The molecule has 0 saturated heterocycles. The molecule has 0 aromatic heterocycles. The van der Waals surface area contributed by atoms with Gasteiger partial charge >= 0.3 is 0 Å². The van der Waals surface area contributed by atoms with E-state index in [4.69, 9.17) is 0 Å². The second kappa shape index (κ2) is 8.63. The number of rotatable bonds is 8. The average molecular weight is 362 g/mol. The van der Waals surface area contributed by atoms with Crippen LogP contribution in [0.25, 0.3) is 0 Å². The van der Waals surface area contributed by atoms with Gasteiger partial charge in [0.1, 0.15) is 0 Å². The highest BCUT2D eigenvalue weighted by Gasteiger charge is 2.28. The molecule has 0 aliphatic heterocycles. The molecule has 0 spiro atoms. The van der Waals surface area contributed by atoms with Crippen molar-refractivity contribution in [2.24, 2.45) is 0 Å². The first-order valence-corrected chi connectivity index (χ1v) is 8.98. The third kappa shape index (κ3) is 5.76. The molecule has 0 radical (unpaired) electrons. The number of amides is 1. The fourth-order valence-electron chi connectivity index (χ4n) is 2.06. The van der Waals surface area contributed by atoms with Crippen LogP contribution >= 0.6 is 12.4 Å². The van der Waals surface area contributed by atoms with Gasteiger partial charge in [-0.25, -0.2) is 13.1 Å². The van der Waals surface area contributed by atoms with E-state index >= 15 is 0 Å². The number of benzene rings is 1. The van der Waals surface area contributed by atoms with Gasteiger partial charge in [-0.2, -0.15) is 0 Å². The van der Waals surface area contributed by atoms with E-state index in [0.29, 0.717) is 12.1 Å². The first-order valence-electron chi connectivity index (χ1n) is 7.50. The lowest BCUT2D eigenvalue weighted by atomic mass is 10.1. The highest BCUT2D eigenvalue weighted by Crippen LogP contribution is 2.23. The number of carbonyl (C=O) groups is 1. The SMILES string of the molecule is CNCCCNC(=O)c1cc(S(=O)(=O)NC2CC2)ccc1C.Cl. The number of halogens is 1. The van der Waals surface area contributed by atoms with Crippen molar-refractivity contribution in [1.82, 2.24) is 15.4 Å². The molecule has 130 valence electrons. The van der Waals surface area contributed by atoms with Gasteiger partial charge in [0, 0.05) is 18.2 Å². The minimum Gasteiger partial charge on any atom is -0.352 e. The monoisotopic (exact) mass is 361 g/mol. The van der Waals surface area contributed by atoms with Crippen molar-refractivity contribution in [2.45, 2.75) is 37.1 Å². The number of aryl methyl sites for hydroxylation is 1. The quantitative estimate of drug-likeness (QED) is 0.607. The highest BCUT2D eigenvalue weighted by atomic mass is 35.5. The number of nitrogens with one attached hydrogen (secondary N) is 3. The van der Waals surface area contributed by atoms with E-state index in [1.165, 1.54) is 12.1 Å². The van der Waals surface area contributed by atoms with Crippen molar-refractivity contribution in [1.29, 1.82) is 0 Å². The van der Waals surface area contributed by atoms with Gasteiger partial charge in [-0.3, -0.25) is 4.79 Å². The summed E-state index contributed by atoms with van der Waals surface area (Å²) in [5.41, 5.74) is 1.17. The van der Waals surface area contributed by atoms with Gasteiger partial charge in [0.15, 0.2) is 0 Å². The molecule has 0 bridgehead atoms. The highest BCUT2D eigenvalue weighted by molar-refractivity contribution is 7.89. The van der Waals surface area contributed by atoms with Gasteiger partial charge in [-0.05, 0) is 57.5 Å². The van der Waals surface area contributed by atoms with E-state index in [0.717, 1.165) is 31.4 Å². The van der Waals surface area contributed by atoms with Gasteiger partial charge in [0.05, 0.1) is 4.90 Å². The summed E-state index contributed by atoms with van der Waals surface area (Å²) in [6.07, 6.45) is 2.58. The third-order valence-electron chi connectivity index (χ3n) is 3.55. The van der Waals surface area contributed by atoms with Crippen molar-refractivity contribution < 1.29 is 13.2 Å². The predicted molar refractivity (Wildman–Crippen MR) is 92.6 cm³/mol. The van der Waals surface area contributed by atoms with Crippen LogP contribution in [-0.4, -0.2) is 40.5 Å². The zero-order chi connectivity index (χ0) is 16.2. The molecule has 0 unspecified atom stereocenters. The maximum absolute atomic E-state index is 12.2. The zero-order valence-corrected chi connectivity index (χ0v) is 15.0. The van der Waals surface area contributed by atoms with Gasteiger partial charge in [-0.1, -0.05) is 6.07 Å². The zero-order valence-electron chi connectivity index (χ0n) is 13.4. The second-order valence-electron chi connectivity index (χ2n) is 5.59. The lowest BCUT2D eigenvalue weighted by Crippen LogP contribution is -2.28. The van der Waals surface area contributed by atoms with E-state index in [1.54, 1.807) is 13.0 Å². The van der Waals surface area contributed by atoms with Crippen molar-refractivity contribution in [3.63, 3.8) is 0 Å². The van der Waals surface area contributed by atoms with E-state index in [9.17, 15) is 13.2 Å². The van der Waals surface area contributed by atoms with Gasteiger partial charge in [0.2, 0.25) is 10.0 Å². The van der Waals surface area contributed by atoms with Gasteiger partial charge < -0.3 is 10.6 Å². The molecular formula is C15H24ClN3O3S. The Morgan fingerprint density at radius 1 is 1.26 bits per heavy atom. The first-order chi connectivity index (χ1) is 10.4. The summed E-state index contributed by atoms with van der Waals surface area (Å²) >= 11 is 0. The molecule has 23 heavy (non-hydrogen) atoms. The molecule has 1 saturated carbocycles. The molecule has 1 aromatic rings. The van der Waals surface area contributed by atoms with Gasteiger partial charge in [0.25, 0.3) is 5.91 Å². The molecule has 1 amide bonds. The summed E-state index contributed by atoms with van der Waals surface area (Å²) in [5, 5.41) is 5.82. The number of carbonyl (C=O) groups excluding carboxylic acids is 1. The van der Waals surface area contributed by atoms with Crippen LogP contribution < -0.4 is 15.4 Å². The number of sulfonamides is 1. The average Bonchev–Trinajstić information content (AvgIpc) is 3.27. The third-order valence-corrected chi connectivity index (χ3v) is 5.07. The molecule has 2 rings (SSSR count). The van der Waals surface area contributed by atoms with Crippen LogP contribution in [0.1, 0.15) is 35.2 Å². The molecule has 1 fully saturated rings. The molecule has 1 aliphatic carbocycles. The van der Waals surface area contributed by atoms with E-state index in [-0.39, 0.29) is 29.3 Å². The van der Waals surface area contributed by atoms with Crippen LogP contribution in [0, 0.1) is 6.92 Å². The molecule has 3 N–H and O–H groups in total. The normalized spacial score (nSPS) is 14.2. The predicted octanol–water partition coefficient (Wildman–Crippen LogP) is 1.20. The lowest BCUT2D eigenvalue weighted by molar-refractivity contribution is 0.0952. The summed E-state index contributed by atoms with van der Waals surface area (Å²) < 4.78 is 27.1. The van der Waals surface area contributed by atoms with Crippen molar-refractivity contribution >= 4 is 28.3 Å². The Morgan fingerprint density at radius 2 is 1.96 bits per heavy atom. The van der Waals surface area contributed by atoms with Crippen LogP contribution in [0.4, 0.5) is 0 Å². The van der Waals surface area contributed by atoms with Crippen molar-refractivity contribution in [2.75, 3.05) is 20.1 Å². The van der Waals surface area contributed by atoms with Crippen molar-refractivity contribution in [3.8, 4) is 0 Å². The summed E-state index contributed by atoms with van der Waals surface area (Å²) in [7, 11) is -1.68. The Labute approximate surface area is 143 Å². The van der Waals surface area contributed by atoms with Crippen LogP contribution in [0.3, 0.4) is 0 Å². The molecule has 1 aromatic carbocycles. The van der Waals surface area contributed by atoms with E-state index < -0.39 is 10.0 Å². The summed E-state index contributed by atoms with van der Waals surface area (Å²) in [6.45, 7) is 3.17. The second-order valence-corrected chi connectivity index (χ2v) is 7.30. The summed E-state index contributed by atoms with van der Waals surface area (Å²) in [6, 6.07) is 4.71. The maximum Gasteiger partial charge on any atom is 0.251 e. The Balaban J connectivity index is 0.00000264. The van der Waals surface area contributed by atoms with Crippen LogP contribution in [0.5, 0.6) is 0 Å². The Bertz CT molecular complexity index is 645. The van der Waals surface area contributed by atoms with Crippen LogP contribution in [-0.2, 0) is 10.0 Å². The smallest absolute Gasteiger partial charge is 0.251 e. The van der Waals surface area contributed by atoms with E-state index in [2.05, 4.69) is 15.4 Å². The molecule has 0 atom stereocenters.